The van der Waals surface area contributed by atoms with Crippen LogP contribution in [0.5, 0.6) is 17.2 Å². The molecule has 1 aromatic rings. The van der Waals surface area contributed by atoms with Gasteiger partial charge in [0.05, 0.1) is 13.7 Å². The second kappa shape index (κ2) is 5.25. The molecule has 2 N–H and O–H groups in total. The van der Waals surface area contributed by atoms with Crippen molar-refractivity contribution >= 4 is 5.97 Å². The van der Waals surface area contributed by atoms with Crippen LogP contribution in [-0.2, 0) is 4.74 Å². The molecule has 0 saturated carbocycles. The van der Waals surface area contributed by atoms with Gasteiger partial charge in [-0.3, -0.25) is 0 Å². The third kappa shape index (κ3) is 2.36. The summed E-state index contributed by atoms with van der Waals surface area (Å²) in [6, 6.07) is 2.63. The predicted molar refractivity (Wildman–Crippen MR) is 56.9 cm³/mol. The number of ether oxygens (including phenoxy) is 2. The smallest absolute Gasteiger partial charge is 0.345 e. The zero-order valence-electron chi connectivity index (χ0n) is 9.19. The van der Waals surface area contributed by atoms with Gasteiger partial charge in [0, 0.05) is 0 Å². The summed E-state index contributed by atoms with van der Waals surface area (Å²) in [6.07, 6.45) is 0.674. The van der Waals surface area contributed by atoms with Crippen molar-refractivity contribution in [2.75, 3.05) is 13.7 Å². The molecule has 0 unspecified atom stereocenters. The molecular weight excluding hydrogens is 212 g/mol. The molecule has 0 bridgehead atoms. The van der Waals surface area contributed by atoms with Gasteiger partial charge in [0.2, 0.25) is 0 Å². The van der Waals surface area contributed by atoms with E-state index < -0.39 is 11.7 Å². The third-order valence-electron chi connectivity index (χ3n) is 1.98. The summed E-state index contributed by atoms with van der Waals surface area (Å²) < 4.78 is 9.78. The van der Waals surface area contributed by atoms with Crippen LogP contribution in [0.1, 0.15) is 23.7 Å². The lowest BCUT2D eigenvalue weighted by molar-refractivity contribution is 0.0497. The molecule has 0 spiro atoms. The van der Waals surface area contributed by atoms with Crippen molar-refractivity contribution in [2.24, 2.45) is 0 Å². The lowest BCUT2D eigenvalue weighted by Crippen LogP contribution is -2.08. The molecular formula is C11H14O5. The van der Waals surface area contributed by atoms with Crippen LogP contribution in [0.25, 0.3) is 0 Å². The summed E-state index contributed by atoms with van der Waals surface area (Å²) in [4.78, 5) is 11.6. The number of carbonyl (C=O) groups is 1. The van der Waals surface area contributed by atoms with E-state index in [9.17, 15) is 15.0 Å². The monoisotopic (exact) mass is 226 g/mol. The number of phenolic OH excluding ortho intramolecular Hbond substituents is 2. The first-order valence-corrected chi connectivity index (χ1v) is 4.87. The maximum atomic E-state index is 11.6. The van der Waals surface area contributed by atoms with Crippen molar-refractivity contribution in [3.05, 3.63) is 17.7 Å². The second-order valence-electron chi connectivity index (χ2n) is 3.15. The first kappa shape index (κ1) is 12.2. The number of phenols is 2. The van der Waals surface area contributed by atoms with Crippen LogP contribution in [-0.4, -0.2) is 29.9 Å². The van der Waals surface area contributed by atoms with Crippen LogP contribution < -0.4 is 4.74 Å². The van der Waals surface area contributed by atoms with Crippen molar-refractivity contribution in [3.8, 4) is 17.2 Å². The zero-order chi connectivity index (χ0) is 12.1. The summed E-state index contributed by atoms with van der Waals surface area (Å²) >= 11 is 0. The Morgan fingerprint density at radius 3 is 2.62 bits per heavy atom. The average molecular weight is 226 g/mol. The van der Waals surface area contributed by atoms with Crippen LogP contribution >= 0.6 is 0 Å². The van der Waals surface area contributed by atoms with Gasteiger partial charge in [0.25, 0.3) is 0 Å². The van der Waals surface area contributed by atoms with Crippen LogP contribution in [0.3, 0.4) is 0 Å². The predicted octanol–water partition coefficient (Wildman–Crippen LogP) is 1.67. The molecule has 5 nitrogen and oxygen atoms in total. The molecule has 0 amide bonds. The largest absolute Gasteiger partial charge is 0.504 e. The lowest BCUT2D eigenvalue weighted by atomic mass is 10.1. The highest BCUT2D eigenvalue weighted by Gasteiger charge is 2.21. The Morgan fingerprint density at radius 1 is 1.38 bits per heavy atom. The quantitative estimate of drug-likeness (QED) is 0.603. The molecule has 0 aromatic heterocycles. The number of rotatable bonds is 4. The SMILES string of the molecule is CCCOC(=O)c1c(OC)ccc(O)c1O. The van der Waals surface area contributed by atoms with E-state index in [0.717, 1.165) is 0 Å². The van der Waals surface area contributed by atoms with Gasteiger partial charge in [-0.2, -0.15) is 0 Å². The van der Waals surface area contributed by atoms with E-state index in [2.05, 4.69) is 0 Å². The van der Waals surface area contributed by atoms with Crippen LogP contribution in [0.15, 0.2) is 12.1 Å². The summed E-state index contributed by atoms with van der Waals surface area (Å²) in [5.74, 6) is -1.46. The summed E-state index contributed by atoms with van der Waals surface area (Å²) in [7, 11) is 1.36. The summed E-state index contributed by atoms with van der Waals surface area (Å²) in [5.41, 5.74) is -0.157. The van der Waals surface area contributed by atoms with Gasteiger partial charge in [-0.05, 0) is 18.6 Å². The molecule has 16 heavy (non-hydrogen) atoms. The van der Waals surface area contributed by atoms with Crippen molar-refractivity contribution in [1.29, 1.82) is 0 Å². The first-order valence-electron chi connectivity index (χ1n) is 4.87. The number of hydrogen-bond acceptors (Lipinski definition) is 5. The van der Waals surface area contributed by atoms with Crippen molar-refractivity contribution < 1.29 is 24.5 Å². The number of carbonyl (C=O) groups excluding carboxylic acids is 1. The molecule has 0 heterocycles. The standard InChI is InChI=1S/C11H14O5/c1-3-6-16-11(14)9-8(15-2)5-4-7(12)10(9)13/h4-5,12-13H,3,6H2,1-2H3. The van der Waals surface area contributed by atoms with E-state index in [1.54, 1.807) is 0 Å². The van der Waals surface area contributed by atoms with E-state index >= 15 is 0 Å². The van der Waals surface area contributed by atoms with Crippen molar-refractivity contribution in [3.63, 3.8) is 0 Å². The zero-order valence-corrected chi connectivity index (χ0v) is 9.19. The Morgan fingerprint density at radius 2 is 2.06 bits per heavy atom. The van der Waals surface area contributed by atoms with Gasteiger partial charge in [0.1, 0.15) is 11.3 Å². The number of aromatic hydroxyl groups is 2. The molecule has 88 valence electrons. The molecule has 0 aliphatic rings. The molecule has 5 heteroatoms. The van der Waals surface area contributed by atoms with Gasteiger partial charge in [-0.1, -0.05) is 6.92 Å². The molecule has 0 saturated heterocycles. The van der Waals surface area contributed by atoms with Crippen molar-refractivity contribution in [2.45, 2.75) is 13.3 Å². The lowest BCUT2D eigenvalue weighted by Gasteiger charge is -2.10. The molecule has 1 aromatic carbocycles. The van der Waals surface area contributed by atoms with Gasteiger partial charge < -0.3 is 19.7 Å². The Labute approximate surface area is 93.2 Å². The highest BCUT2D eigenvalue weighted by molar-refractivity contribution is 5.96. The Hall–Kier alpha value is -1.91. The summed E-state index contributed by atoms with van der Waals surface area (Å²) in [5, 5.41) is 18.8. The minimum atomic E-state index is -0.716. The fraction of sp³-hybridized carbons (Fsp3) is 0.364. The highest BCUT2D eigenvalue weighted by Crippen LogP contribution is 2.35. The fourth-order valence-corrected chi connectivity index (χ4v) is 1.20. The Bertz CT molecular complexity index is 386. The molecule has 0 radical (unpaired) electrons. The number of esters is 1. The van der Waals surface area contributed by atoms with E-state index in [1.807, 2.05) is 6.92 Å². The minimum Gasteiger partial charge on any atom is -0.504 e. The molecule has 0 aliphatic heterocycles. The van der Waals surface area contributed by atoms with E-state index in [1.165, 1.54) is 19.2 Å². The number of benzene rings is 1. The van der Waals surface area contributed by atoms with Crippen molar-refractivity contribution in [1.82, 2.24) is 0 Å². The van der Waals surface area contributed by atoms with Crippen LogP contribution in [0.2, 0.25) is 0 Å². The van der Waals surface area contributed by atoms with Gasteiger partial charge >= 0.3 is 5.97 Å². The third-order valence-corrected chi connectivity index (χ3v) is 1.98. The Kier molecular flexibility index (Phi) is 3.99. The van der Waals surface area contributed by atoms with Gasteiger partial charge in [0.15, 0.2) is 11.5 Å². The normalized spacial score (nSPS) is 9.88. The maximum absolute atomic E-state index is 11.6. The molecule has 0 fully saturated rings. The molecule has 0 aliphatic carbocycles. The number of methoxy groups -OCH3 is 1. The Balaban J connectivity index is 3.09. The minimum absolute atomic E-state index is 0.157. The summed E-state index contributed by atoms with van der Waals surface area (Å²) in [6.45, 7) is 2.10. The first-order chi connectivity index (χ1) is 7.61. The number of hydrogen-bond donors (Lipinski definition) is 2. The van der Waals surface area contributed by atoms with E-state index in [4.69, 9.17) is 9.47 Å². The van der Waals surface area contributed by atoms with Crippen LogP contribution in [0.4, 0.5) is 0 Å². The highest BCUT2D eigenvalue weighted by atomic mass is 16.5. The molecule has 1 rings (SSSR count). The average Bonchev–Trinajstić information content (AvgIpc) is 2.29. The topological polar surface area (TPSA) is 76.0 Å². The van der Waals surface area contributed by atoms with Crippen LogP contribution in [0, 0.1) is 0 Å². The maximum Gasteiger partial charge on any atom is 0.345 e. The fourth-order valence-electron chi connectivity index (χ4n) is 1.20. The van der Waals surface area contributed by atoms with Gasteiger partial charge in [-0.15, -0.1) is 0 Å². The van der Waals surface area contributed by atoms with Gasteiger partial charge in [-0.25, -0.2) is 4.79 Å². The van der Waals surface area contributed by atoms with E-state index in [0.29, 0.717) is 6.42 Å². The second-order valence-corrected chi connectivity index (χ2v) is 3.15. The molecule has 0 atom stereocenters. The van der Waals surface area contributed by atoms with E-state index in [-0.39, 0.29) is 23.7 Å².